The van der Waals surface area contributed by atoms with Crippen molar-refractivity contribution in [2.45, 2.75) is 19.8 Å². The van der Waals surface area contributed by atoms with Crippen LogP contribution in [0.2, 0.25) is 0 Å². The van der Waals surface area contributed by atoms with E-state index in [0.29, 0.717) is 43.5 Å². The van der Waals surface area contributed by atoms with Crippen molar-refractivity contribution in [2.75, 3.05) is 37.7 Å². The van der Waals surface area contributed by atoms with Crippen molar-refractivity contribution in [3.63, 3.8) is 0 Å². The Balaban J connectivity index is 1.48. The van der Waals surface area contributed by atoms with E-state index in [4.69, 9.17) is 4.74 Å². The lowest BCUT2D eigenvalue weighted by Crippen LogP contribution is -2.50. The molecule has 1 fully saturated rings. The number of para-hydroxylation sites is 1. The number of nitrogens with zero attached hydrogens (tertiary/aromatic N) is 2. The molecule has 0 atom stereocenters. The van der Waals surface area contributed by atoms with Crippen molar-refractivity contribution in [3.8, 4) is 5.75 Å². The average molecular weight is 356 g/mol. The summed E-state index contributed by atoms with van der Waals surface area (Å²) in [4.78, 5) is 16.1. The molecule has 0 radical (unpaired) electrons. The van der Waals surface area contributed by atoms with Gasteiger partial charge in [0, 0.05) is 26.2 Å². The smallest absolute Gasteiger partial charge is 0.260 e. The van der Waals surface area contributed by atoms with Gasteiger partial charge in [0.1, 0.15) is 11.6 Å². The topological polar surface area (TPSA) is 32.8 Å². The Bertz CT molecular complexity index is 738. The summed E-state index contributed by atoms with van der Waals surface area (Å²) in [5.74, 6) is 0.913. The molecule has 3 rings (SSSR count). The summed E-state index contributed by atoms with van der Waals surface area (Å²) in [5, 5.41) is 0. The fourth-order valence-electron chi connectivity index (χ4n) is 3.09. The van der Waals surface area contributed by atoms with Crippen LogP contribution in [0.1, 0.15) is 25.3 Å². The van der Waals surface area contributed by atoms with Gasteiger partial charge in [0.25, 0.3) is 5.91 Å². The first-order valence-electron chi connectivity index (χ1n) is 9.04. The van der Waals surface area contributed by atoms with Crippen molar-refractivity contribution in [2.24, 2.45) is 0 Å². The Morgan fingerprint density at radius 3 is 2.31 bits per heavy atom. The van der Waals surface area contributed by atoms with Crippen LogP contribution in [-0.4, -0.2) is 43.6 Å². The molecule has 0 N–H and O–H groups in total. The number of carbonyl (C=O) groups is 1. The SMILES string of the molecule is CC(C)c1ccc(OCC(=O)N2CCN(c3ccccc3F)CC2)cc1. The molecule has 0 spiro atoms. The van der Waals surface area contributed by atoms with Gasteiger partial charge in [-0.05, 0) is 35.7 Å². The van der Waals surface area contributed by atoms with Crippen LogP contribution in [0.5, 0.6) is 5.75 Å². The second kappa shape index (κ2) is 8.21. The van der Waals surface area contributed by atoms with E-state index in [1.165, 1.54) is 11.6 Å². The molecule has 2 aromatic carbocycles. The highest BCUT2D eigenvalue weighted by Crippen LogP contribution is 2.21. The summed E-state index contributed by atoms with van der Waals surface area (Å²) >= 11 is 0. The molecule has 1 heterocycles. The summed E-state index contributed by atoms with van der Waals surface area (Å²) in [6.07, 6.45) is 0. The fourth-order valence-corrected chi connectivity index (χ4v) is 3.09. The molecule has 1 aliphatic rings. The molecule has 0 bridgehead atoms. The second-order valence-electron chi connectivity index (χ2n) is 6.83. The fraction of sp³-hybridized carbons (Fsp3) is 0.381. The molecule has 0 unspecified atom stereocenters. The summed E-state index contributed by atoms with van der Waals surface area (Å²) in [7, 11) is 0. The molecule has 26 heavy (non-hydrogen) atoms. The molecule has 2 aromatic rings. The molecular formula is C21H25FN2O2. The predicted molar refractivity (Wildman–Crippen MR) is 101 cm³/mol. The number of hydrogen-bond acceptors (Lipinski definition) is 3. The number of piperazine rings is 1. The van der Waals surface area contributed by atoms with Crippen molar-refractivity contribution < 1.29 is 13.9 Å². The van der Waals surface area contributed by atoms with Crippen LogP contribution in [0.25, 0.3) is 0 Å². The quantitative estimate of drug-likeness (QED) is 0.819. The van der Waals surface area contributed by atoms with Gasteiger partial charge in [-0.1, -0.05) is 38.1 Å². The van der Waals surface area contributed by atoms with Crippen LogP contribution in [0.15, 0.2) is 48.5 Å². The number of anilines is 1. The van der Waals surface area contributed by atoms with Gasteiger partial charge in [-0.2, -0.15) is 0 Å². The highest BCUT2D eigenvalue weighted by atomic mass is 19.1. The predicted octanol–water partition coefficient (Wildman–Crippen LogP) is 3.68. The van der Waals surface area contributed by atoms with Crippen molar-refractivity contribution in [1.82, 2.24) is 4.90 Å². The Morgan fingerprint density at radius 2 is 1.69 bits per heavy atom. The Morgan fingerprint density at radius 1 is 1.04 bits per heavy atom. The zero-order valence-corrected chi connectivity index (χ0v) is 15.3. The van der Waals surface area contributed by atoms with Gasteiger partial charge < -0.3 is 14.5 Å². The van der Waals surface area contributed by atoms with E-state index in [0.717, 1.165) is 0 Å². The minimum Gasteiger partial charge on any atom is -0.484 e. The van der Waals surface area contributed by atoms with Crippen LogP contribution < -0.4 is 9.64 Å². The lowest BCUT2D eigenvalue weighted by Gasteiger charge is -2.36. The summed E-state index contributed by atoms with van der Waals surface area (Å²) in [6, 6.07) is 14.6. The van der Waals surface area contributed by atoms with Gasteiger partial charge >= 0.3 is 0 Å². The maximum absolute atomic E-state index is 13.9. The first-order valence-corrected chi connectivity index (χ1v) is 9.04. The number of amides is 1. The summed E-state index contributed by atoms with van der Waals surface area (Å²) in [5.41, 5.74) is 1.84. The van der Waals surface area contributed by atoms with E-state index >= 15 is 0 Å². The molecule has 1 saturated heterocycles. The van der Waals surface area contributed by atoms with E-state index in [1.807, 2.05) is 35.2 Å². The van der Waals surface area contributed by atoms with Crippen molar-refractivity contribution in [1.29, 1.82) is 0 Å². The molecular weight excluding hydrogens is 331 g/mol. The van der Waals surface area contributed by atoms with Crippen LogP contribution >= 0.6 is 0 Å². The number of halogens is 1. The lowest BCUT2D eigenvalue weighted by atomic mass is 10.0. The van der Waals surface area contributed by atoms with Crippen LogP contribution in [0.4, 0.5) is 10.1 Å². The van der Waals surface area contributed by atoms with Crippen LogP contribution in [0.3, 0.4) is 0 Å². The van der Waals surface area contributed by atoms with Gasteiger partial charge in [-0.15, -0.1) is 0 Å². The van der Waals surface area contributed by atoms with Crippen LogP contribution in [-0.2, 0) is 4.79 Å². The normalized spacial score (nSPS) is 14.6. The summed E-state index contributed by atoms with van der Waals surface area (Å²) < 4.78 is 19.5. The largest absolute Gasteiger partial charge is 0.484 e. The number of ether oxygens (including phenoxy) is 1. The zero-order valence-electron chi connectivity index (χ0n) is 15.3. The molecule has 138 valence electrons. The van der Waals surface area contributed by atoms with E-state index in [9.17, 15) is 9.18 Å². The van der Waals surface area contributed by atoms with Gasteiger partial charge in [-0.3, -0.25) is 4.79 Å². The monoisotopic (exact) mass is 356 g/mol. The zero-order chi connectivity index (χ0) is 18.5. The minimum absolute atomic E-state index is 0.0285. The van der Waals surface area contributed by atoms with Crippen LogP contribution in [0, 0.1) is 5.82 Å². The third-order valence-electron chi connectivity index (χ3n) is 4.73. The number of rotatable bonds is 5. The third-order valence-corrected chi connectivity index (χ3v) is 4.73. The van der Waals surface area contributed by atoms with E-state index in [-0.39, 0.29) is 18.3 Å². The lowest BCUT2D eigenvalue weighted by molar-refractivity contribution is -0.133. The highest BCUT2D eigenvalue weighted by molar-refractivity contribution is 5.78. The van der Waals surface area contributed by atoms with Gasteiger partial charge in [-0.25, -0.2) is 4.39 Å². The second-order valence-corrected chi connectivity index (χ2v) is 6.83. The van der Waals surface area contributed by atoms with Crippen molar-refractivity contribution >= 4 is 11.6 Å². The average Bonchev–Trinajstić information content (AvgIpc) is 2.67. The number of carbonyl (C=O) groups excluding carboxylic acids is 1. The maximum Gasteiger partial charge on any atom is 0.260 e. The third kappa shape index (κ3) is 4.34. The first kappa shape index (κ1) is 18.2. The number of benzene rings is 2. The number of hydrogen-bond donors (Lipinski definition) is 0. The van der Waals surface area contributed by atoms with E-state index in [1.54, 1.807) is 17.0 Å². The molecule has 4 nitrogen and oxygen atoms in total. The molecule has 0 aliphatic carbocycles. The molecule has 1 amide bonds. The van der Waals surface area contributed by atoms with E-state index < -0.39 is 0 Å². The van der Waals surface area contributed by atoms with Gasteiger partial charge in [0.05, 0.1) is 5.69 Å². The van der Waals surface area contributed by atoms with Gasteiger partial charge in [0.2, 0.25) is 0 Å². The Labute approximate surface area is 154 Å². The minimum atomic E-state index is -0.222. The first-order chi connectivity index (χ1) is 12.5. The molecule has 5 heteroatoms. The Kier molecular flexibility index (Phi) is 5.76. The molecule has 0 saturated carbocycles. The standard InChI is InChI=1S/C21H25FN2O2/c1-16(2)17-7-9-18(10-8-17)26-15-21(25)24-13-11-23(12-14-24)20-6-4-3-5-19(20)22/h3-10,16H,11-15H2,1-2H3. The highest BCUT2D eigenvalue weighted by Gasteiger charge is 2.22. The maximum atomic E-state index is 13.9. The van der Waals surface area contributed by atoms with E-state index in [2.05, 4.69) is 13.8 Å². The molecule has 1 aliphatic heterocycles. The van der Waals surface area contributed by atoms with Gasteiger partial charge in [0.15, 0.2) is 6.61 Å². The Hall–Kier alpha value is -2.56. The van der Waals surface area contributed by atoms with Crippen molar-refractivity contribution in [3.05, 3.63) is 59.9 Å². The summed E-state index contributed by atoms with van der Waals surface area (Å²) in [6.45, 7) is 6.69. The molecule has 0 aromatic heterocycles.